The quantitative estimate of drug-likeness (QED) is 0.848. The number of aryl methyl sites for hydroxylation is 1. The standard InChI is InChI=1S/C16H27N5O/c1-12(2)15(19-7-5-4-6-8-19)16(22)20-9-10-21-13(3)17-18-14(21)11-20/h12,15H,4-11H2,1-3H3/t15-/m0/s1. The van der Waals surface area contributed by atoms with Gasteiger partial charge in [-0.25, -0.2) is 0 Å². The molecule has 1 saturated heterocycles. The van der Waals surface area contributed by atoms with Crippen LogP contribution in [-0.2, 0) is 17.9 Å². The molecular weight excluding hydrogens is 278 g/mol. The molecule has 0 saturated carbocycles. The predicted molar refractivity (Wildman–Crippen MR) is 84.2 cm³/mol. The molecule has 0 spiro atoms. The van der Waals surface area contributed by atoms with Gasteiger partial charge in [-0.3, -0.25) is 9.69 Å². The normalized spacial score (nSPS) is 21.0. The van der Waals surface area contributed by atoms with Crippen molar-refractivity contribution in [3.63, 3.8) is 0 Å². The van der Waals surface area contributed by atoms with Crippen LogP contribution >= 0.6 is 0 Å². The fourth-order valence-corrected chi connectivity index (χ4v) is 3.74. The Morgan fingerprint density at radius 3 is 2.45 bits per heavy atom. The first kappa shape index (κ1) is 15.5. The lowest BCUT2D eigenvalue weighted by Crippen LogP contribution is -2.54. The van der Waals surface area contributed by atoms with E-state index in [0.29, 0.717) is 12.5 Å². The topological polar surface area (TPSA) is 54.3 Å². The lowest BCUT2D eigenvalue weighted by atomic mass is 9.97. The summed E-state index contributed by atoms with van der Waals surface area (Å²) in [5.74, 6) is 2.47. The van der Waals surface area contributed by atoms with Gasteiger partial charge in [0.25, 0.3) is 0 Å². The number of aromatic nitrogens is 3. The summed E-state index contributed by atoms with van der Waals surface area (Å²) in [4.78, 5) is 17.4. The van der Waals surface area contributed by atoms with Crippen molar-refractivity contribution in [3.8, 4) is 0 Å². The highest BCUT2D eigenvalue weighted by molar-refractivity contribution is 5.82. The molecule has 2 aliphatic heterocycles. The van der Waals surface area contributed by atoms with Gasteiger partial charge in [-0.2, -0.15) is 0 Å². The van der Waals surface area contributed by atoms with E-state index in [0.717, 1.165) is 37.8 Å². The van der Waals surface area contributed by atoms with Crippen molar-refractivity contribution < 1.29 is 4.79 Å². The van der Waals surface area contributed by atoms with Gasteiger partial charge >= 0.3 is 0 Å². The van der Waals surface area contributed by atoms with Gasteiger partial charge < -0.3 is 9.47 Å². The molecule has 2 aliphatic rings. The zero-order valence-corrected chi connectivity index (χ0v) is 14.0. The molecule has 0 radical (unpaired) electrons. The minimum Gasteiger partial charge on any atom is -0.332 e. The van der Waals surface area contributed by atoms with Crippen molar-refractivity contribution in [3.05, 3.63) is 11.6 Å². The highest BCUT2D eigenvalue weighted by atomic mass is 16.2. The molecule has 1 fully saturated rings. The molecule has 1 aromatic heterocycles. The number of piperidine rings is 1. The highest BCUT2D eigenvalue weighted by Gasteiger charge is 2.34. The fourth-order valence-electron chi connectivity index (χ4n) is 3.74. The van der Waals surface area contributed by atoms with E-state index in [1.807, 2.05) is 11.8 Å². The maximum Gasteiger partial charge on any atom is 0.240 e. The summed E-state index contributed by atoms with van der Waals surface area (Å²) in [6, 6.07) is 0.0101. The molecule has 1 amide bonds. The zero-order chi connectivity index (χ0) is 15.7. The fraction of sp³-hybridized carbons (Fsp3) is 0.812. The summed E-state index contributed by atoms with van der Waals surface area (Å²) in [6.45, 7) is 10.6. The minimum absolute atomic E-state index is 0.0101. The Morgan fingerprint density at radius 1 is 1.05 bits per heavy atom. The molecule has 3 heterocycles. The van der Waals surface area contributed by atoms with Crippen LogP contribution in [0.5, 0.6) is 0 Å². The Labute approximate surface area is 132 Å². The number of likely N-dealkylation sites (tertiary alicyclic amines) is 1. The number of hydrogen-bond acceptors (Lipinski definition) is 4. The molecule has 0 N–H and O–H groups in total. The van der Waals surface area contributed by atoms with Crippen LogP contribution in [0.4, 0.5) is 0 Å². The van der Waals surface area contributed by atoms with Crippen LogP contribution in [0.1, 0.15) is 44.8 Å². The molecule has 1 aromatic rings. The van der Waals surface area contributed by atoms with Gasteiger partial charge in [0.05, 0.1) is 12.6 Å². The van der Waals surface area contributed by atoms with Crippen LogP contribution in [0.2, 0.25) is 0 Å². The highest BCUT2D eigenvalue weighted by Crippen LogP contribution is 2.22. The van der Waals surface area contributed by atoms with Gasteiger partial charge in [0, 0.05) is 13.1 Å². The Kier molecular flexibility index (Phi) is 4.47. The molecule has 122 valence electrons. The predicted octanol–water partition coefficient (Wildman–Crippen LogP) is 1.44. The molecule has 0 aliphatic carbocycles. The number of amides is 1. The van der Waals surface area contributed by atoms with E-state index in [-0.39, 0.29) is 11.9 Å². The van der Waals surface area contributed by atoms with E-state index >= 15 is 0 Å². The SMILES string of the molecule is Cc1nnc2n1CCN(C(=O)[C@H](C(C)C)N1CCCCC1)C2. The molecule has 6 heteroatoms. The Hall–Kier alpha value is -1.43. The van der Waals surface area contributed by atoms with Crippen molar-refractivity contribution in [1.82, 2.24) is 24.6 Å². The summed E-state index contributed by atoms with van der Waals surface area (Å²) >= 11 is 0. The number of rotatable bonds is 3. The Balaban J connectivity index is 1.73. The number of carbonyl (C=O) groups is 1. The molecule has 0 aromatic carbocycles. The first-order chi connectivity index (χ1) is 10.6. The van der Waals surface area contributed by atoms with E-state index in [1.165, 1.54) is 19.3 Å². The van der Waals surface area contributed by atoms with Crippen molar-refractivity contribution >= 4 is 5.91 Å². The zero-order valence-electron chi connectivity index (χ0n) is 14.0. The lowest BCUT2D eigenvalue weighted by molar-refractivity contribution is -0.140. The first-order valence-corrected chi connectivity index (χ1v) is 8.49. The average Bonchev–Trinajstić information content (AvgIpc) is 2.89. The van der Waals surface area contributed by atoms with Gasteiger partial charge in [0.2, 0.25) is 5.91 Å². The molecule has 22 heavy (non-hydrogen) atoms. The van der Waals surface area contributed by atoms with E-state index in [9.17, 15) is 4.79 Å². The lowest BCUT2D eigenvalue weighted by Gasteiger charge is -2.39. The van der Waals surface area contributed by atoms with E-state index in [4.69, 9.17) is 0 Å². The monoisotopic (exact) mass is 305 g/mol. The smallest absolute Gasteiger partial charge is 0.240 e. The third kappa shape index (κ3) is 2.89. The van der Waals surface area contributed by atoms with Crippen LogP contribution in [0, 0.1) is 12.8 Å². The van der Waals surface area contributed by atoms with Crippen LogP contribution in [0.15, 0.2) is 0 Å². The second-order valence-corrected chi connectivity index (χ2v) is 6.86. The van der Waals surface area contributed by atoms with E-state index < -0.39 is 0 Å². The van der Waals surface area contributed by atoms with Gasteiger partial charge in [0.15, 0.2) is 5.82 Å². The molecule has 0 bridgehead atoms. The maximum absolute atomic E-state index is 13.1. The number of fused-ring (bicyclic) bond motifs is 1. The van der Waals surface area contributed by atoms with Gasteiger partial charge in [0.1, 0.15) is 5.82 Å². The van der Waals surface area contributed by atoms with Crippen LogP contribution in [0.3, 0.4) is 0 Å². The summed E-state index contributed by atoms with van der Waals surface area (Å²) in [6.07, 6.45) is 3.72. The molecule has 1 atom stereocenters. The van der Waals surface area contributed by atoms with Gasteiger partial charge in [-0.1, -0.05) is 20.3 Å². The van der Waals surface area contributed by atoms with E-state index in [1.54, 1.807) is 0 Å². The van der Waals surface area contributed by atoms with Gasteiger partial charge in [-0.05, 0) is 38.8 Å². The van der Waals surface area contributed by atoms with Crippen LogP contribution in [0.25, 0.3) is 0 Å². The van der Waals surface area contributed by atoms with Crippen molar-refractivity contribution in [2.45, 2.75) is 59.2 Å². The number of carbonyl (C=O) groups excluding carboxylic acids is 1. The average molecular weight is 305 g/mol. The van der Waals surface area contributed by atoms with Crippen LogP contribution < -0.4 is 0 Å². The number of hydrogen-bond donors (Lipinski definition) is 0. The van der Waals surface area contributed by atoms with Crippen molar-refractivity contribution in [2.75, 3.05) is 19.6 Å². The summed E-state index contributed by atoms with van der Waals surface area (Å²) in [5.41, 5.74) is 0. The van der Waals surface area contributed by atoms with E-state index in [2.05, 4.69) is 33.5 Å². The second-order valence-electron chi connectivity index (χ2n) is 6.86. The molecular formula is C16H27N5O. The molecule has 0 unspecified atom stereocenters. The number of nitrogens with zero attached hydrogens (tertiary/aromatic N) is 5. The third-order valence-electron chi connectivity index (χ3n) is 4.92. The van der Waals surface area contributed by atoms with Crippen molar-refractivity contribution in [1.29, 1.82) is 0 Å². The molecule has 3 rings (SSSR count). The summed E-state index contributed by atoms with van der Waals surface area (Å²) in [5, 5.41) is 8.34. The summed E-state index contributed by atoms with van der Waals surface area (Å²) < 4.78 is 2.12. The van der Waals surface area contributed by atoms with Gasteiger partial charge in [-0.15, -0.1) is 10.2 Å². The third-order valence-corrected chi connectivity index (χ3v) is 4.92. The Bertz CT molecular complexity index is 533. The second kappa shape index (κ2) is 6.36. The van der Waals surface area contributed by atoms with Crippen molar-refractivity contribution in [2.24, 2.45) is 5.92 Å². The largest absolute Gasteiger partial charge is 0.332 e. The molecule has 6 nitrogen and oxygen atoms in total. The first-order valence-electron chi connectivity index (χ1n) is 8.49. The minimum atomic E-state index is 0.0101. The summed E-state index contributed by atoms with van der Waals surface area (Å²) in [7, 11) is 0. The maximum atomic E-state index is 13.1. The Morgan fingerprint density at radius 2 is 1.77 bits per heavy atom. The van der Waals surface area contributed by atoms with Crippen LogP contribution in [-0.4, -0.2) is 56.1 Å².